The summed E-state index contributed by atoms with van der Waals surface area (Å²) in [5.74, 6) is 0. The van der Waals surface area contributed by atoms with E-state index in [9.17, 15) is 10.2 Å². The van der Waals surface area contributed by atoms with Crippen molar-refractivity contribution in [1.29, 1.82) is 0 Å². The van der Waals surface area contributed by atoms with Crippen LogP contribution in [-0.4, -0.2) is 66.2 Å². The number of benzene rings is 5. The lowest BCUT2D eigenvalue weighted by Gasteiger charge is -2.34. The lowest BCUT2D eigenvalue weighted by molar-refractivity contribution is -0.197. The molecule has 0 heterocycles. The van der Waals surface area contributed by atoms with Crippen molar-refractivity contribution in [1.82, 2.24) is 0 Å². The fraction of sp³-hybridized carbons (Fsp3) is 0.318. The summed E-state index contributed by atoms with van der Waals surface area (Å²) in [4.78, 5) is 0. The fourth-order valence-corrected chi connectivity index (χ4v) is 6.33. The Bertz CT molecular complexity index is 1690. The Morgan fingerprint density at radius 1 is 0.462 bits per heavy atom. The van der Waals surface area contributed by atoms with Gasteiger partial charge in [-0.15, -0.1) is 0 Å². The summed E-state index contributed by atoms with van der Waals surface area (Å²) in [5, 5.41) is 24.4. The highest BCUT2D eigenvalue weighted by Crippen LogP contribution is 2.39. The van der Waals surface area contributed by atoms with Crippen molar-refractivity contribution >= 4 is 0 Å². The highest BCUT2D eigenvalue weighted by molar-refractivity contribution is 5.19. The van der Waals surface area contributed by atoms with Crippen molar-refractivity contribution in [3.05, 3.63) is 179 Å². The second-order valence-electron chi connectivity index (χ2n) is 13.1. The Morgan fingerprint density at radius 3 is 1.35 bits per heavy atom. The van der Waals surface area contributed by atoms with Gasteiger partial charge in [0.25, 0.3) is 0 Å². The summed E-state index contributed by atoms with van der Waals surface area (Å²) in [7, 11) is 0. The molecule has 1 fully saturated rings. The van der Waals surface area contributed by atoms with Crippen molar-refractivity contribution in [2.24, 2.45) is 0 Å². The molecule has 1 aliphatic carbocycles. The van der Waals surface area contributed by atoms with Crippen LogP contribution < -0.4 is 0 Å². The van der Waals surface area contributed by atoms with Gasteiger partial charge in [0.05, 0.1) is 52.9 Å². The molecular weight excluding hydrogens is 656 g/mol. The molecule has 0 saturated heterocycles. The minimum Gasteiger partial charge on any atom is -0.387 e. The second kappa shape index (κ2) is 19.6. The maximum absolute atomic E-state index is 12.4. The van der Waals surface area contributed by atoms with Gasteiger partial charge in [0.2, 0.25) is 0 Å². The van der Waals surface area contributed by atoms with Crippen LogP contribution in [0.1, 0.15) is 27.8 Å². The van der Waals surface area contributed by atoms with E-state index in [0.717, 1.165) is 27.8 Å². The molecule has 6 atom stereocenters. The first kappa shape index (κ1) is 37.5. The van der Waals surface area contributed by atoms with E-state index < -0.39 is 36.1 Å². The first-order valence-electron chi connectivity index (χ1n) is 17.8. The van der Waals surface area contributed by atoms with Crippen molar-refractivity contribution in [3.8, 4) is 0 Å². The summed E-state index contributed by atoms with van der Waals surface area (Å²) in [5.41, 5.74) is 2.97. The summed E-state index contributed by atoms with van der Waals surface area (Å²) in [6.45, 7) is 1.49. The summed E-state index contributed by atoms with van der Waals surface area (Å²) in [6.07, 6.45) is -4.73. The standard InChI is InChI=1S/C44H48O8/c45-42-40(50-29-37-22-12-4-13-23-37)41(51-30-38-24-14-5-15-25-38)43(44(42,46)33-48-27-35-18-8-2-9-19-35)52-32-39(49-28-36-20-10-3-11-21-36)31-47-26-34-16-6-1-7-17-34/h1-25,39-43,45-46H,26-33H2/t39?,40-,41-,42-,43+,44-/m1/s1. The highest BCUT2D eigenvalue weighted by Gasteiger charge is 2.62. The monoisotopic (exact) mass is 704 g/mol. The Morgan fingerprint density at radius 2 is 0.865 bits per heavy atom. The Labute approximate surface area is 306 Å². The lowest BCUT2D eigenvalue weighted by atomic mass is 9.98. The Kier molecular flexibility index (Phi) is 14.1. The van der Waals surface area contributed by atoms with Gasteiger partial charge in [-0.05, 0) is 27.8 Å². The van der Waals surface area contributed by atoms with E-state index >= 15 is 0 Å². The van der Waals surface area contributed by atoms with E-state index in [1.54, 1.807) is 0 Å². The first-order chi connectivity index (χ1) is 25.6. The number of aliphatic hydroxyl groups is 2. The number of ether oxygens (including phenoxy) is 6. The predicted octanol–water partition coefficient (Wildman–Crippen LogP) is 6.67. The van der Waals surface area contributed by atoms with E-state index in [1.165, 1.54) is 0 Å². The Hall–Kier alpha value is -4.22. The smallest absolute Gasteiger partial charge is 0.145 e. The molecule has 5 aromatic carbocycles. The summed E-state index contributed by atoms with van der Waals surface area (Å²) in [6, 6.07) is 49.0. The molecule has 52 heavy (non-hydrogen) atoms. The molecule has 0 aromatic heterocycles. The molecule has 8 nitrogen and oxygen atoms in total. The number of hydrogen-bond acceptors (Lipinski definition) is 8. The van der Waals surface area contributed by atoms with Gasteiger partial charge in [-0.25, -0.2) is 0 Å². The van der Waals surface area contributed by atoms with Gasteiger partial charge < -0.3 is 38.6 Å². The van der Waals surface area contributed by atoms with Crippen LogP contribution in [0.25, 0.3) is 0 Å². The third kappa shape index (κ3) is 10.7. The van der Waals surface area contributed by atoms with Crippen LogP contribution >= 0.6 is 0 Å². The molecule has 1 saturated carbocycles. The second-order valence-corrected chi connectivity index (χ2v) is 13.1. The van der Waals surface area contributed by atoms with Crippen molar-refractivity contribution in [2.45, 2.75) is 69.2 Å². The zero-order valence-electron chi connectivity index (χ0n) is 29.3. The van der Waals surface area contributed by atoms with E-state index in [2.05, 4.69) is 0 Å². The lowest BCUT2D eigenvalue weighted by Crippen LogP contribution is -2.54. The normalized spacial score (nSPS) is 22.0. The molecule has 0 radical (unpaired) electrons. The number of hydrogen-bond donors (Lipinski definition) is 2. The topological polar surface area (TPSA) is 95.8 Å². The van der Waals surface area contributed by atoms with Gasteiger partial charge in [0.1, 0.15) is 36.1 Å². The van der Waals surface area contributed by atoms with E-state index in [0.29, 0.717) is 13.2 Å². The molecule has 1 aliphatic rings. The molecule has 2 N–H and O–H groups in total. The van der Waals surface area contributed by atoms with Gasteiger partial charge in [-0.3, -0.25) is 0 Å². The van der Waals surface area contributed by atoms with E-state index in [4.69, 9.17) is 28.4 Å². The van der Waals surface area contributed by atoms with E-state index in [1.807, 2.05) is 152 Å². The van der Waals surface area contributed by atoms with Gasteiger partial charge in [0.15, 0.2) is 0 Å². The van der Waals surface area contributed by atoms with Gasteiger partial charge in [-0.1, -0.05) is 152 Å². The molecule has 1 unspecified atom stereocenters. The minimum atomic E-state index is -1.88. The maximum atomic E-state index is 12.4. The molecule has 0 bridgehead atoms. The summed E-state index contributed by atoms with van der Waals surface area (Å²) >= 11 is 0. The number of aliphatic hydroxyl groups excluding tert-OH is 1. The van der Waals surface area contributed by atoms with Crippen LogP contribution in [0.2, 0.25) is 0 Å². The zero-order valence-corrected chi connectivity index (χ0v) is 29.3. The van der Waals surface area contributed by atoms with Gasteiger partial charge in [-0.2, -0.15) is 0 Å². The summed E-state index contributed by atoms with van der Waals surface area (Å²) < 4.78 is 38.1. The quantitative estimate of drug-likeness (QED) is 0.0929. The molecule has 8 heteroatoms. The van der Waals surface area contributed by atoms with Gasteiger partial charge in [0, 0.05) is 0 Å². The van der Waals surface area contributed by atoms with Gasteiger partial charge >= 0.3 is 0 Å². The van der Waals surface area contributed by atoms with Crippen LogP contribution in [0.4, 0.5) is 0 Å². The molecule has 0 aliphatic heterocycles. The molecule has 5 aromatic rings. The van der Waals surface area contributed by atoms with Crippen LogP contribution in [0.3, 0.4) is 0 Å². The average Bonchev–Trinajstić information content (AvgIpc) is 3.39. The first-order valence-corrected chi connectivity index (χ1v) is 17.8. The third-order valence-corrected chi connectivity index (χ3v) is 9.16. The highest BCUT2D eigenvalue weighted by atomic mass is 16.6. The van der Waals surface area contributed by atoms with Crippen LogP contribution in [-0.2, 0) is 61.5 Å². The van der Waals surface area contributed by atoms with Crippen molar-refractivity contribution in [2.75, 3.05) is 19.8 Å². The molecule has 0 amide bonds. The molecule has 6 rings (SSSR count). The molecule has 0 spiro atoms. The van der Waals surface area contributed by atoms with Crippen molar-refractivity contribution < 1.29 is 38.6 Å². The SMILES string of the molecule is O[C@@H]1[C@H](OCc2ccccc2)[C@@H](OCc2ccccc2)[C@H](OCC(COCc2ccccc2)OCc2ccccc2)[C@@]1(O)COCc1ccccc1. The minimum absolute atomic E-state index is 0.0522. The third-order valence-electron chi connectivity index (χ3n) is 9.16. The van der Waals surface area contributed by atoms with Crippen LogP contribution in [0.5, 0.6) is 0 Å². The molecule has 272 valence electrons. The predicted molar refractivity (Wildman–Crippen MR) is 198 cm³/mol. The fourth-order valence-electron chi connectivity index (χ4n) is 6.33. The largest absolute Gasteiger partial charge is 0.387 e. The maximum Gasteiger partial charge on any atom is 0.145 e. The van der Waals surface area contributed by atoms with Crippen LogP contribution in [0.15, 0.2) is 152 Å². The van der Waals surface area contributed by atoms with Crippen molar-refractivity contribution in [3.63, 3.8) is 0 Å². The number of rotatable bonds is 20. The Balaban J connectivity index is 1.23. The van der Waals surface area contributed by atoms with Crippen LogP contribution in [0, 0.1) is 0 Å². The average molecular weight is 705 g/mol. The molecular formula is C44H48O8. The zero-order chi connectivity index (χ0) is 35.9. The van der Waals surface area contributed by atoms with E-state index in [-0.39, 0.29) is 39.6 Å².